The van der Waals surface area contributed by atoms with E-state index >= 15 is 0 Å². The lowest BCUT2D eigenvalue weighted by Gasteiger charge is -2.36. The number of rotatable bonds is 4. The Bertz CT molecular complexity index is 409. The largest absolute Gasteiger partial charge is 0.371 e. The Morgan fingerprint density at radius 2 is 2.00 bits per heavy atom. The highest BCUT2D eigenvalue weighted by atomic mass is 79.9. The average Bonchev–Trinajstić information content (AvgIpc) is 2.39. The lowest BCUT2D eigenvalue weighted by atomic mass is 9.86. The fourth-order valence-corrected chi connectivity index (χ4v) is 3.60. The van der Waals surface area contributed by atoms with Crippen molar-refractivity contribution in [2.45, 2.75) is 33.2 Å². The molecule has 0 aliphatic carbocycles. The number of hydrogen-bond acceptors (Lipinski definition) is 2. The van der Waals surface area contributed by atoms with Gasteiger partial charge in [-0.2, -0.15) is 0 Å². The number of nitrogens with one attached hydrogen (secondary N) is 1. The van der Waals surface area contributed by atoms with Gasteiger partial charge in [-0.15, -0.1) is 0 Å². The Hall–Kier alpha value is -0.540. The predicted molar refractivity (Wildman–Crippen MR) is 86.7 cm³/mol. The molecule has 1 aliphatic rings. The van der Waals surface area contributed by atoms with E-state index in [2.05, 4.69) is 58.2 Å². The number of anilines is 1. The summed E-state index contributed by atoms with van der Waals surface area (Å²) in [5.74, 6) is 1.72. The topological polar surface area (TPSA) is 15.3 Å². The molecule has 0 bridgehead atoms. The van der Waals surface area contributed by atoms with Crippen molar-refractivity contribution in [3.05, 3.63) is 28.2 Å². The van der Waals surface area contributed by atoms with E-state index in [4.69, 9.17) is 0 Å². The van der Waals surface area contributed by atoms with Gasteiger partial charge in [0.25, 0.3) is 0 Å². The van der Waals surface area contributed by atoms with Gasteiger partial charge < -0.3 is 10.2 Å². The molecule has 1 saturated heterocycles. The van der Waals surface area contributed by atoms with E-state index in [1.807, 2.05) is 7.05 Å². The van der Waals surface area contributed by atoms with Crippen molar-refractivity contribution in [3.63, 3.8) is 0 Å². The first kappa shape index (κ1) is 14.9. The third-order valence-electron chi connectivity index (χ3n) is 4.22. The zero-order valence-corrected chi connectivity index (χ0v) is 13.8. The van der Waals surface area contributed by atoms with Crippen LogP contribution >= 0.6 is 15.9 Å². The highest BCUT2D eigenvalue weighted by Crippen LogP contribution is 2.32. The van der Waals surface area contributed by atoms with Crippen LogP contribution in [0, 0.1) is 11.8 Å². The maximum Gasteiger partial charge on any atom is 0.0510 e. The first-order valence-corrected chi connectivity index (χ1v) is 8.09. The molecule has 0 radical (unpaired) electrons. The smallest absolute Gasteiger partial charge is 0.0510 e. The van der Waals surface area contributed by atoms with Crippen LogP contribution in [0.2, 0.25) is 0 Å². The fraction of sp³-hybridized carbons (Fsp3) is 0.625. The minimum Gasteiger partial charge on any atom is -0.371 e. The molecule has 1 aliphatic heterocycles. The number of hydrogen-bond donors (Lipinski definition) is 1. The summed E-state index contributed by atoms with van der Waals surface area (Å²) >= 11 is 3.73. The van der Waals surface area contributed by atoms with E-state index in [1.54, 1.807) is 0 Å². The summed E-state index contributed by atoms with van der Waals surface area (Å²) in [6.07, 6.45) is 2.64. The minimum absolute atomic E-state index is 0.823. The van der Waals surface area contributed by atoms with Crippen molar-refractivity contribution < 1.29 is 0 Å². The first-order valence-electron chi connectivity index (χ1n) is 7.29. The van der Waals surface area contributed by atoms with Crippen molar-refractivity contribution in [1.29, 1.82) is 0 Å². The summed E-state index contributed by atoms with van der Waals surface area (Å²) in [6, 6.07) is 6.72. The average molecular weight is 325 g/mol. The van der Waals surface area contributed by atoms with Crippen molar-refractivity contribution in [2.24, 2.45) is 11.8 Å². The molecule has 1 fully saturated rings. The van der Waals surface area contributed by atoms with Gasteiger partial charge in [-0.3, -0.25) is 0 Å². The molecular weight excluding hydrogens is 300 g/mol. The zero-order chi connectivity index (χ0) is 13.8. The highest BCUT2D eigenvalue weighted by Gasteiger charge is 2.22. The van der Waals surface area contributed by atoms with Gasteiger partial charge in [0.15, 0.2) is 0 Å². The van der Waals surface area contributed by atoms with Gasteiger partial charge in [0, 0.05) is 24.1 Å². The lowest BCUT2D eigenvalue weighted by Crippen LogP contribution is -2.35. The van der Waals surface area contributed by atoms with Crippen molar-refractivity contribution in [2.75, 3.05) is 25.0 Å². The molecule has 2 rings (SSSR count). The van der Waals surface area contributed by atoms with Gasteiger partial charge in [-0.05, 0) is 65.4 Å². The second kappa shape index (κ2) is 6.76. The van der Waals surface area contributed by atoms with Crippen LogP contribution in [0.3, 0.4) is 0 Å². The van der Waals surface area contributed by atoms with Gasteiger partial charge in [0.1, 0.15) is 0 Å². The molecule has 3 heteroatoms. The van der Waals surface area contributed by atoms with E-state index in [-0.39, 0.29) is 0 Å². The molecule has 0 aromatic heterocycles. The van der Waals surface area contributed by atoms with Crippen LogP contribution in [0.5, 0.6) is 0 Å². The quantitative estimate of drug-likeness (QED) is 0.899. The van der Waals surface area contributed by atoms with Crippen LogP contribution in [0.25, 0.3) is 0 Å². The maximum absolute atomic E-state index is 3.73. The van der Waals surface area contributed by atoms with Crippen molar-refractivity contribution in [1.82, 2.24) is 5.32 Å². The van der Waals surface area contributed by atoms with Crippen LogP contribution in [-0.4, -0.2) is 20.1 Å². The zero-order valence-electron chi connectivity index (χ0n) is 12.2. The maximum atomic E-state index is 3.73. The van der Waals surface area contributed by atoms with E-state index in [0.29, 0.717) is 0 Å². The number of halogens is 1. The molecule has 19 heavy (non-hydrogen) atoms. The second-order valence-electron chi connectivity index (χ2n) is 5.88. The number of piperidine rings is 1. The standard InChI is InChI=1S/C16H25BrN2/c1-12(2)14-6-8-19(9-7-14)16-5-4-13(11-18-3)10-15(16)17/h4-5,10,12,14,18H,6-9,11H2,1-3H3. The Kier molecular flexibility index (Phi) is 5.28. The summed E-state index contributed by atoms with van der Waals surface area (Å²) < 4.78 is 1.23. The van der Waals surface area contributed by atoms with E-state index in [9.17, 15) is 0 Å². The van der Waals surface area contributed by atoms with Gasteiger partial charge in [0.05, 0.1) is 5.69 Å². The molecule has 0 saturated carbocycles. The number of benzene rings is 1. The molecule has 0 unspecified atom stereocenters. The fourth-order valence-electron chi connectivity index (χ4n) is 2.93. The molecule has 0 spiro atoms. The molecule has 1 N–H and O–H groups in total. The molecular formula is C16H25BrN2. The summed E-state index contributed by atoms with van der Waals surface area (Å²) in [4.78, 5) is 2.52. The monoisotopic (exact) mass is 324 g/mol. The summed E-state index contributed by atoms with van der Waals surface area (Å²) in [5, 5.41) is 3.19. The molecule has 2 nitrogen and oxygen atoms in total. The SMILES string of the molecule is CNCc1ccc(N2CCC(C(C)C)CC2)c(Br)c1. The van der Waals surface area contributed by atoms with Crippen molar-refractivity contribution >= 4 is 21.6 Å². The minimum atomic E-state index is 0.823. The molecule has 106 valence electrons. The third kappa shape index (κ3) is 3.73. The van der Waals surface area contributed by atoms with E-state index in [0.717, 1.165) is 18.4 Å². The van der Waals surface area contributed by atoms with E-state index < -0.39 is 0 Å². The first-order chi connectivity index (χ1) is 9.11. The summed E-state index contributed by atoms with van der Waals surface area (Å²) in [7, 11) is 1.98. The lowest BCUT2D eigenvalue weighted by molar-refractivity contribution is 0.311. The highest BCUT2D eigenvalue weighted by molar-refractivity contribution is 9.10. The Morgan fingerprint density at radius 3 is 2.53 bits per heavy atom. The third-order valence-corrected chi connectivity index (χ3v) is 4.85. The molecule has 0 amide bonds. The van der Waals surface area contributed by atoms with Crippen molar-refractivity contribution in [3.8, 4) is 0 Å². The molecule has 1 heterocycles. The molecule has 0 atom stereocenters. The summed E-state index contributed by atoms with van der Waals surface area (Å²) in [5.41, 5.74) is 2.68. The normalized spacial score (nSPS) is 17.2. The van der Waals surface area contributed by atoms with Gasteiger partial charge in [-0.25, -0.2) is 0 Å². The molecule has 1 aromatic carbocycles. The molecule has 1 aromatic rings. The van der Waals surface area contributed by atoms with Crippen LogP contribution in [0.15, 0.2) is 22.7 Å². The van der Waals surface area contributed by atoms with Crippen LogP contribution in [-0.2, 0) is 6.54 Å². The van der Waals surface area contributed by atoms with Crippen LogP contribution < -0.4 is 10.2 Å². The summed E-state index contributed by atoms with van der Waals surface area (Å²) in [6.45, 7) is 8.00. The Labute approximate surface area is 125 Å². The van der Waals surface area contributed by atoms with Crippen LogP contribution in [0.1, 0.15) is 32.3 Å². The Morgan fingerprint density at radius 1 is 1.32 bits per heavy atom. The number of nitrogens with zero attached hydrogens (tertiary/aromatic N) is 1. The van der Waals surface area contributed by atoms with Crippen LogP contribution in [0.4, 0.5) is 5.69 Å². The predicted octanol–water partition coefficient (Wildman–Crippen LogP) is 4.04. The van der Waals surface area contributed by atoms with Gasteiger partial charge in [-0.1, -0.05) is 19.9 Å². The van der Waals surface area contributed by atoms with E-state index in [1.165, 1.54) is 41.7 Å². The second-order valence-corrected chi connectivity index (χ2v) is 6.74. The Balaban J connectivity index is 2.03. The van der Waals surface area contributed by atoms with Gasteiger partial charge in [0.2, 0.25) is 0 Å². The van der Waals surface area contributed by atoms with Gasteiger partial charge >= 0.3 is 0 Å².